The number of fused-ring (bicyclic) bond motifs is 4. The third-order valence-electron chi connectivity index (χ3n) is 4.31. The van der Waals surface area contributed by atoms with Gasteiger partial charge in [-0.15, -0.1) is 0 Å². The second-order valence-electron chi connectivity index (χ2n) is 5.64. The highest BCUT2D eigenvalue weighted by atomic mass is 32.2. The summed E-state index contributed by atoms with van der Waals surface area (Å²) in [4.78, 5) is 5.30. The summed E-state index contributed by atoms with van der Waals surface area (Å²) in [5.74, 6) is 0. The summed E-state index contributed by atoms with van der Waals surface area (Å²) in [5, 5.41) is 0. The normalized spacial score (nSPS) is 14.1. The molecule has 0 unspecified atom stereocenters. The Kier molecular flexibility index (Phi) is 2.67. The molecule has 0 fully saturated rings. The summed E-state index contributed by atoms with van der Waals surface area (Å²) < 4.78 is 0. The first kappa shape index (κ1) is 12.7. The Hall–Kier alpha value is -1.78. The van der Waals surface area contributed by atoms with Gasteiger partial charge in [-0.25, -0.2) is 0 Å². The van der Waals surface area contributed by atoms with E-state index in [0.717, 1.165) is 5.69 Å². The molecule has 0 amide bonds. The molecule has 22 heavy (non-hydrogen) atoms. The van der Waals surface area contributed by atoms with Crippen LogP contribution in [-0.4, -0.2) is 6.71 Å². The Balaban J connectivity index is 1.88. The minimum absolute atomic E-state index is 0.334. The van der Waals surface area contributed by atoms with Crippen molar-refractivity contribution in [3.8, 4) is 0 Å². The van der Waals surface area contributed by atoms with Crippen LogP contribution in [0.4, 0.5) is 5.69 Å². The van der Waals surface area contributed by atoms with E-state index in [4.69, 9.17) is 5.73 Å². The van der Waals surface area contributed by atoms with Gasteiger partial charge in [-0.3, -0.25) is 0 Å². The summed E-state index contributed by atoms with van der Waals surface area (Å²) in [7, 11) is 0. The summed E-state index contributed by atoms with van der Waals surface area (Å²) >= 11 is 3.69. The van der Waals surface area contributed by atoms with Crippen LogP contribution in [0.15, 0.2) is 80.2 Å². The second-order valence-corrected chi connectivity index (χ2v) is 7.81. The smallest absolute Gasteiger partial charge is 0.247 e. The average molecular weight is 317 g/mol. The molecule has 0 spiro atoms. The van der Waals surface area contributed by atoms with Crippen LogP contribution in [0, 0.1) is 0 Å². The second kappa shape index (κ2) is 4.61. The van der Waals surface area contributed by atoms with Gasteiger partial charge in [0.15, 0.2) is 0 Å². The first-order chi connectivity index (χ1) is 10.8. The molecule has 2 aliphatic rings. The molecule has 0 saturated heterocycles. The minimum atomic E-state index is 0.334. The molecule has 0 aromatic heterocycles. The van der Waals surface area contributed by atoms with Crippen molar-refractivity contribution in [2.75, 3.05) is 5.73 Å². The van der Waals surface area contributed by atoms with E-state index in [1.54, 1.807) is 0 Å². The van der Waals surface area contributed by atoms with Crippen LogP contribution in [0.25, 0.3) is 0 Å². The molecule has 0 saturated carbocycles. The fraction of sp³-hybridized carbons (Fsp3) is 0. The lowest BCUT2D eigenvalue weighted by Crippen LogP contribution is -2.57. The van der Waals surface area contributed by atoms with Gasteiger partial charge < -0.3 is 5.73 Å². The molecule has 2 aliphatic heterocycles. The van der Waals surface area contributed by atoms with E-state index in [1.165, 1.54) is 36.0 Å². The monoisotopic (exact) mass is 317 g/mol. The zero-order valence-corrected chi connectivity index (χ0v) is 13.4. The Bertz CT molecular complexity index is 852. The maximum Gasteiger partial charge on any atom is 0.247 e. The van der Waals surface area contributed by atoms with Gasteiger partial charge in [0.2, 0.25) is 6.71 Å². The molecule has 0 atom stereocenters. The first-order valence-corrected chi connectivity index (χ1v) is 8.91. The van der Waals surface area contributed by atoms with Crippen LogP contribution < -0.4 is 22.1 Å². The molecule has 3 aromatic carbocycles. The molecule has 1 nitrogen and oxygen atoms in total. The maximum atomic E-state index is 6.14. The number of anilines is 1. The topological polar surface area (TPSA) is 26.0 Å². The van der Waals surface area contributed by atoms with E-state index in [9.17, 15) is 0 Å². The lowest BCUT2D eigenvalue weighted by atomic mass is 9.36. The number of rotatable bonds is 0. The fourth-order valence-corrected chi connectivity index (χ4v) is 5.92. The summed E-state index contributed by atoms with van der Waals surface area (Å²) in [6, 6.07) is 21.7. The van der Waals surface area contributed by atoms with Gasteiger partial charge >= 0.3 is 0 Å². The van der Waals surface area contributed by atoms with Crippen LogP contribution in [0.5, 0.6) is 0 Å². The van der Waals surface area contributed by atoms with Crippen molar-refractivity contribution in [3.63, 3.8) is 0 Å². The SMILES string of the molecule is Nc1cc2c3c(c1)Sc1ccccc1B3c1ccccc1S2. The maximum absolute atomic E-state index is 6.14. The predicted molar refractivity (Wildman–Crippen MR) is 96.6 cm³/mol. The molecule has 4 heteroatoms. The Morgan fingerprint density at radius 3 is 1.73 bits per heavy atom. The summed E-state index contributed by atoms with van der Waals surface area (Å²) in [5.41, 5.74) is 11.3. The third kappa shape index (κ3) is 1.71. The lowest BCUT2D eigenvalue weighted by Gasteiger charge is -2.32. The van der Waals surface area contributed by atoms with Gasteiger partial charge in [-0.1, -0.05) is 70.8 Å². The molecule has 2 heterocycles. The van der Waals surface area contributed by atoms with Crippen molar-refractivity contribution in [2.45, 2.75) is 19.6 Å². The Labute approximate surface area is 138 Å². The highest BCUT2D eigenvalue weighted by molar-refractivity contribution is 8.01. The van der Waals surface area contributed by atoms with Gasteiger partial charge in [0.05, 0.1) is 0 Å². The Morgan fingerprint density at radius 1 is 0.682 bits per heavy atom. The van der Waals surface area contributed by atoms with Crippen molar-refractivity contribution in [2.24, 2.45) is 0 Å². The van der Waals surface area contributed by atoms with Crippen LogP contribution in [0.3, 0.4) is 0 Å². The first-order valence-electron chi connectivity index (χ1n) is 7.28. The van der Waals surface area contributed by atoms with Crippen molar-refractivity contribution >= 4 is 52.3 Å². The fourth-order valence-electron chi connectivity index (χ4n) is 3.41. The highest BCUT2D eigenvalue weighted by Crippen LogP contribution is 2.39. The zero-order chi connectivity index (χ0) is 14.7. The molecular formula is C18H12BNS2. The van der Waals surface area contributed by atoms with Crippen molar-refractivity contribution in [3.05, 3.63) is 60.7 Å². The molecule has 2 N–H and O–H groups in total. The number of benzene rings is 3. The lowest BCUT2D eigenvalue weighted by molar-refractivity contribution is 1.33. The van der Waals surface area contributed by atoms with Crippen molar-refractivity contribution in [1.29, 1.82) is 0 Å². The van der Waals surface area contributed by atoms with E-state index in [-0.39, 0.29) is 0 Å². The van der Waals surface area contributed by atoms with E-state index < -0.39 is 0 Å². The molecule has 5 rings (SSSR count). The molecule has 3 aromatic rings. The third-order valence-corrected chi connectivity index (χ3v) is 6.61. The molecule has 0 bridgehead atoms. The number of nitrogens with two attached hydrogens (primary N) is 1. The largest absolute Gasteiger partial charge is 0.399 e. The van der Waals surface area contributed by atoms with Crippen LogP contribution in [0.2, 0.25) is 0 Å². The van der Waals surface area contributed by atoms with Crippen LogP contribution in [-0.2, 0) is 0 Å². The average Bonchev–Trinajstić information content (AvgIpc) is 2.54. The number of hydrogen-bond acceptors (Lipinski definition) is 3. The van der Waals surface area contributed by atoms with Crippen LogP contribution >= 0.6 is 23.5 Å². The van der Waals surface area contributed by atoms with Gasteiger partial charge in [-0.05, 0) is 29.7 Å². The van der Waals surface area contributed by atoms with Gasteiger partial charge in [-0.2, -0.15) is 0 Å². The highest BCUT2D eigenvalue weighted by Gasteiger charge is 2.37. The van der Waals surface area contributed by atoms with Gasteiger partial charge in [0, 0.05) is 25.3 Å². The summed E-state index contributed by atoms with van der Waals surface area (Å²) in [6.07, 6.45) is 0. The minimum Gasteiger partial charge on any atom is -0.399 e. The summed E-state index contributed by atoms with van der Waals surface area (Å²) in [6.45, 7) is 0.334. The van der Waals surface area contributed by atoms with Crippen molar-refractivity contribution in [1.82, 2.24) is 0 Å². The molecule has 0 aliphatic carbocycles. The number of hydrogen-bond donors (Lipinski definition) is 1. The quantitative estimate of drug-likeness (QED) is 0.351. The van der Waals surface area contributed by atoms with E-state index >= 15 is 0 Å². The molecule has 0 radical (unpaired) electrons. The van der Waals surface area contributed by atoms with Gasteiger partial charge in [0.1, 0.15) is 0 Å². The van der Waals surface area contributed by atoms with Gasteiger partial charge in [0.25, 0.3) is 0 Å². The zero-order valence-electron chi connectivity index (χ0n) is 11.7. The van der Waals surface area contributed by atoms with Crippen LogP contribution in [0.1, 0.15) is 0 Å². The van der Waals surface area contributed by atoms with E-state index in [0.29, 0.717) is 6.71 Å². The van der Waals surface area contributed by atoms with E-state index in [2.05, 4.69) is 60.7 Å². The standard InChI is InChI=1S/C18H12BNS2/c20-11-9-16-18-17(10-11)22-15-8-4-2-6-13(15)19(18)12-5-1-3-7-14(12)21-16/h1-10H,20H2. The Morgan fingerprint density at radius 2 is 1.18 bits per heavy atom. The number of nitrogen functional groups attached to an aromatic ring is 1. The molecule has 104 valence electrons. The predicted octanol–water partition coefficient (Wildman–Crippen LogP) is 2.71. The molecular weight excluding hydrogens is 305 g/mol. The van der Waals surface area contributed by atoms with E-state index in [1.807, 2.05) is 23.5 Å². The van der Waals surface area contributed by atoms with Crippen molar-refractivity contribution < 1.29 is 0 Å².